The second kappa shape index (κ2) is 5.35. The van der Waals surface area contributed by atoms with Crippen LogP contribution in [0, 0.1) is 20.8 Å². The van der Waals surface area contributed by atoms with E-state index in [1.165, 1.54) is 0 Å². The van der Waals surface area contributed by atoms with E-state index < -0.39 is 0 Å². The molecule has 6 nitrogen and oxygen atoms in total. The molecular formula is C15H20N4O2. The first-order chi connectivity index (χ1) is 10.1. The van der Waals surface area contributed by atoms with Crippen molar-refractivity contribution in [2.75, 3.05) is 13.1 Å². The van der Waals surface area contributed by atoms with Gasteiger partial charge < -0.3 is 9.32 Å². The molecule has 6 heteroatoms. The Morgan fingerprint density at radius 3 is 2.81 bits per heavy atom. The van der Waals surface area contributed by atoms with Crippen molar-refractivity contribution >= 4 is 5.91 Å². The first kappa shape index (κ1) is 13.9. The van der Waals surface area contributed by atoms with Gasteiger partial charge in [-0.3, -0.25) is 4.79 Å². The number of carbonyl (C=O) groups excluding carboxylic acids is 1. The molecule has 0 radical (unpaired) electrons. The number of piperidine rings is 1. The molecule has 1 fully saturated rings. The van der Waals surface area contributed by atoms with Crippen molar-refractivity contribution in [1.82, 2.24) is 19.7 Å². The van der Waals surface area contributed by atoms with Crippen molar-refractivity contribution < 1.29 is 9.21 Å². The van der Waals surface area contributed by atoms with Crippen molar-refractivity contribution in [2.24, 2.45) is 0 Å². The Morgan fingerprint density at radius 2 is 2.19 bits per heavy atom. The molecule has 1 aliphatic rings. The van der Waals surface area contributed by atoms with Crippen molar-refractivity contribution in [3.05, 3.63) is 35.3 Å². The maximum Gasteiger partial charge on any atom is 0.257 e. The minimum Gasteiger partial charge on any atom is -0.469 e. The van der Waals surface area contributed by atoms with Crippen molar-refractivity contribution in [3.8, 4) is 0 Å². The molecule has 0 bridgehead atoms. The molecule has 0 saturated carbocycles. The van der Waals surface area contributed by atoms with Crippen molar-refractivity contribution in [1.29, 1.82) is 0 Å². The van der Waals surface area contributed by atoms with Crippen LogP contribution in [0.3, 0.4) is 0 Å². The molecule has 3 heterocycles. The van der Waals surface area contributed by atoms with Gasteiger partial charge in [0.25, 0.3) is 5.91 Å². The number of likely N-dealkylation sites (tertiary alicyclic amines) is 1. The van der Waals surface area contributed by atoms with Gasteiger partial charge >= 0.3 is 0 Å². The number of rotatable bonds is 2. The van der Waals surface area contributed by atoms with Crippen LogP contribution < -0.4 is 0 Å². The second-order valence-corrected chi connectivity index (χ2v) is 5.59. The molecule has 3 rings (SSSR count). The van der Waals surface area contributed by atoms with Crippen LogP contribution in [0.2, 0.25) is 0 Å². The van der Waals surface area contributed by atoms with Gasteiger partial charge in [0.2, 0.25) is 0 Å². The van der Waals surface area contributed by atoms with E-state index in [0.29, 0.717) is 17.9 Å². The number of aromatic nitrogens is 3. The van der Waals surface area contributed by atoms with Gasteiger partial charge in [-0.05, 0) is 39.7 Å². The average molecular weight is 288 g/mol. The Morgan fingerprint density at radius 1 is 1.38 bits per heavy atom. The minimum atomic E-state index is 0.0421. The fraction of sp³-hybridized carbons (Fsp3) is 0.533. The van der Waals surface area contributed by atoms with Crippen LogP contribution in [0.1, 0.15) is 46.7 Å². The summed E-state index contributed by atoms with van der Waals surface area (Å²) in [6, 6.07) is 1.95. The molecule has 1 unspecified atom stereocenters. The highest BCUT2D eigenvalue weighted by Gasteiger charge is 2.28. The molecule has 1 aliphatic heterocycles. The maximum absolute atomic E-state index is 12.6. The van der Waals surface area contributed by atoms with Gasteiger partial charge in [-0.15, -0.1) is 0 Å². The standard InChI is InChI=1S/C15H20N4O2/c1-10-14(6-8-21-10)15(20)18-7-4-5-13(9-18)19-12(3)16-11(2)17-19/h6,8,13H,4-5,7,9H2,1-3H3. The topological polar surface area (TPSA) is 64.2 Å². The largest absolute Gasteiger partial charge is 0.469 e. The Labute approximate surface area is 123 Å². The monoisotopic (exact) mass is 288 g/mol. The van der Waals surface area contributed by atoms with Crippen LogP contribution in [-0.2, 0) is 0 Å². The molecule has 2 aromatic rings. The minimum absolute atomic E-state index is 0.0421. The fourth-order valence-corrected chi connectivity index (χ4v) is 3.00. The van der Waals surface area contributed by atoms with Crippen molar-refractivity contribution in [3.63, 3.8) is 0 Å². The van der Waals surface area contributed by atoms with Gasteiger partial charge in [-0.25, -0.2) is 9.67 Å². The molecule has 2 aromatic heterocycles. The highest BCUT2D eigenvalue weighted by Crippen LogP contribution is 2.24. The summed E-state index contributed by atoms with van der Waals surface area (Å²) in [4.78, 5) is 18.8. The van der Waals surface area contributed by atoms with E-state index in [4.69, 9.17) is 4.42 Å². The van der Waals surface area contributed by atoms with Crippen LogP contribution in [0.25, 0.3) is 0 Å². The number of aryl methyl sites for hydroxylation is 3. The number of furan rings is 1. The van der Waals surface area contributed by atoms with E-state index in [1.54, 1.807) is 12.3 Å². The Bertz CT molecular complexity index is 658. The number of carbonyl (C=O) groups is 1. The molecule has 1 atom stereocenters. The number of hydrogen-bond donors (Lipinski definition) is 0. The zero-order chi connectivity index (χ0) is 15.0. The summed E-state index contributed by atoms with van der Waals surface area (Å²) in [5, 5.41) is 4.46. The van der Waals surface area contributed by atoms with Crippen LogP contribution in [0.5, 0.6) is 0 Å². The van der Waals surface area contributed by atoms with E-state index in [-0.39, 0.29) is 11.9 Å². The zero-order valence-corrected chi connectivity index (χ0v) is 12.7. The van der Waals surface area contributed by atoms with E-state index >= 15 is 0 Å². The lowest BCUT2D eigenvalue weighted by Gasteiger charge is -2.33. The first-order valence-electron chi connectivity index (χ1n) is 7.29. The van der Waals surface area contributed by atoms with Crippen LogP contribution >= 0.6 is 0 Å². The Kier molecular flexibility index (Phi) is 3.53. The summed E-state index contributed by atoms with van der Waals surface area (Å²) >= 11 is 0. The van der Waals surface area contributed by atoms with E-state index in [1.807, 2.05) is 30.4 Å². The lowest BCUT2D eigenvalue weighted by atomic mass is 10.0. The van der Waals surface area contributed by atoms with Gasteiger partial charge in [0.15, 0.2) is 0 Å². The summed E-state index contributed by atoms with van der Waals surface area (Å²) in [5.74, 6) is 2.41. The third-order valence-corrected chi connectivity index (χ3v) is 4.03. The van der Waals surface area contributed by atoms with Crippen LogP contribution in [-0.4, -0.2) is 38.7 Å². The molecule has 0 N–H and O–H groups in total. The third kappa shape index (κ3) is 2.57. The highest BCUT2D eigenvalue weighted by molar-refractivity contribution is 5.95. The van der Waals surface area contributed by atoms with Crippen molar-refractivity contribution in [2.45, 2.75) is 39.7 Å². The predicted octanol–water partition coefficient (Wildman–Crippen LogP) is 2.27. The van der Waals surface area contributed by atoms with Gasteiger partial charge in [0.05, 0.1) is 17.9 Å². The zero-order valence-electron chi connectivity index (χ0n) is 12.7. The maximum atomic E-state index is 12.6. The lowest BCUT2D eigenvalue weighted by molar-refractivity contribution is 0.0669. The third-order valence-electron chi connectivity index (χ3n) is 4.03. The van der Waals surface area contributed by atoms with E-state index in [0.717, 1.165) is 31.0 Å². The molecule has 1 saturated heterocycles. The summed E-state index contributed by atoms with van der Waals surface area (Å²) < 4.78 is 7.19. The molecule has 112 valence electrons. The SMILES string of the molecule is Cc1nc(C)n(C2CCCN(C(=O)c3ccoc3C)C2)n1. The van der Waals surface area contributed by atoms with E-state index in [9.17, 15) is 4.79 Å². The fourth-order valence-electron chi connectivity index (χ4n) is 3.00. The molecule has 0 aliphatic carbocycles. The summed E-state index contributed by atoms with van der Waals surface area (Å²) in [6.07, 6.45) is 3.57. The number of nitrogens with zero attached hydrogens (tertiary/aromatic N) is 4. The molecule has 0 aromatic carbocycles. The predicted molar refractivity (Wildman–Crippen MR) is 77.1 cm³/mol. The number of amides is 1. The lowest BCUT2D eigenvalue weighted by Crippen LogP contribution is -2.41. The second-order valence-electron chi connectivity index (χ2n) is 5.59. The first-order valence-corrected chi connectivity index (χ1v) is 7.29. The van der Waals surface area contributed by atoms with Gasteiger partial charge in [-0.1, -0.05) is 0 Å². The van der Waals surface area contributed by atoms with Crippen LogP contribution in [0.4, 0.5) is 0 Å². The smallest absolute Gasteiger partial charge is 0.257 e. The Hall–Kier alpha value is -2.11. The summed E-state index contributed by atoms with van der Waals surface area (Å²) in [6.45, 7) is 7.13. The molecule has 21 heavy (non-hydrogen) atoms. The summed E-state index contributed by atoms with van der Waals surface area (Å²) in [7, 11) is 0. The molecular weight excluding hydrogens is 268 g/mol. The normalized spacial score (nSPS) is 19.0. The van der Waals surface area contributed by atoms with Crippen LogP contribution in [0.15, 0.2) is 16.7 Å². The molecule has 1 amide bonds. The quantitative estimate of drug-likeness (QED) is 0.850. The van der Waals surface area contributed by atoms with Gasteiger partial charge in [0, 0.05) is 13.1 Å². The highest BCUT2D eigenvalue weighted by atomic mass is 16.3. The molecule has 0 spiro atoms. The average Bonchev–Trinajstić information content (AvgIpc) is 3.03. The van der Waals surface area contributed by atoms with Gasteiger partial charge in [-0.2, -0.15) is 5.10 Å². The Balaban J connectivity index is 1.79. The van der Waals surface area contributed by atoms with Gasteiger partial charge in [0.1, 0.15) is 17.4 Å². The summed E-state index contributed by atoms with van der Waals surface area (Å²) in [5.41, 5.74) is 0.655. The van der Waals surface area contributed by atoms with E-state index in [2.05, 4.69) is 10.1 Å². The number of hydrogen-bond acceptors (Lipinski definition) is 4.